The van der Waals surface area contributed by atoms with E-state index < -0.39 is 0 Å². The summed E-state index contributed by atoms with van der Waals surface area (Å²) >= 11 is 0. The first-order valence-electron chi connectivity index (χ1n) is 6.87. The van der Waals surface area contributed by atoms with Crippen molar-refractivity contribution in [3.05, 3.63) is 65.4 Å². The van der Waals surface area contributed by atoms with E-state index in [2.05, 4.69) is 34.6 Å². The van der Waals surface area contributed by atoms with Gasteiger partial charge >= 0.3 is 0 Å². The van der Waals surface area contributed by atoms with Crippen LogP contribution in [0.3, 0.4) is 0 Å². The molecule has 0 radical (unpaired) electrons. The number of nitriles is 1. The Labute approximate surface area is 123 Å². The standard InChI is InChI=1S/C18H15N3/c1-12-10-13(2)20-18(16(12)11-19)21-17-9-5-7-14-6-3-4-8-15(14)17/h3-10H,1-2H3,(H,20,21)/p+1. The van der Waals surface area contributed by atoms with Gasteiger partial charge in [0, 0.05) is 5.39 Å². The normalized spacial score (nSPS) is 10.3. The summed E-state index contributed by atoms with van der Waals surface area (Å²) < 4.78 is 0. The number of nitrogens with one attached hydrogen (secondary N) is 2. The first kappa shape index (κ1) is 13.1. The number of hydrogen-bond acceptors (Lipinski definition) is 2. The van der Waals surface area contributed by atoms with Gasteiger partial charge in [0.1, 0.15) is 17.3 Å². The second kappa shape index (κ2) is 5.26. The third-order valence-electron chi connectivity index (χ3n) is 3.56. The lowest BCUT2D eigenvalue weighted by Gasteiger charge is -2.06. The molecule has 0 atom stereocenters. The summed E-state index contributed by atoms with van der Waals surface area (Å²) in [5, 5.41) is 15.0. The Morgan fingerprint density at radius 1 is 1.05 bits per heavy atom. The van der Waals surface area contributed by atoms with Gasteiger partial charge in [0.05, 0.1) is 5.69 Å². The van der Waals surface area contributed by atoms with Crippen LogP contribution in [0, 0.1) is 25.2 Å². The minimum absolute atomic E-state index is 0.647. The molecule has 0 spiro atoms. The van der Waals surface area contributed by atoms with Crippen LogP contribution in [-0.4, -0.2) is 0 Å². The van der Waals surface area contributed by atoms with Crippen molar-refractivity contribution in [3.8, 4) is 6.07 Å². The van der Waals surface area contributed by atoms with E-state index in [-0.39, 0.29) is 0 Å². The molecule has 1 heterocycles. The highest BCUT2D eigenvalue weighted by atomic mass is 15.0. The average Bonchev–Trinajstić information content (AvgIpc) is 2.47. The van der Waals surface area contributed by atoms with Gasteiger partial charge in [-0.15, -0.1) is 0 Å². The van der Waals surface area contributed by atoms with Crippen LogP contribution in [0.5, 0.6) is 0 Å². The van der Waals surface area contributed by atoms with E-state index in [0.717, 1.165) is 28.1 Å². The van der Waals surface area contributed by atoms with E-state index in [1.165, 1.54) is 5.39 Å². The fraction of sp³-hybridized carbons (Fsp3) is 0.111. The van der Waals surface area contributed by atoms with E-state index in [0.29, 0.717) is 5.56 Å². The molecule has 3 rings (SSSR count). The van der Waals surface area contributed by atoms with Gasteiger partial charge in [-0.3, -0.25) is 0 Å². The topological polar surface area (TPSA) is 50.0 Å². The molecule has 102 valence electrons. The summed E-state index contributed by atoms with van der Waals surface area (Å²) in [5.74, 6) is 0.742. The molecule has 0 unspecified atom stereocenters. The summed E-state index contributed by atoms with van der Waals surface area (Å²) in [6.45, 7) is 3.94. The third-order valence-corrected chi connectivity index (χ3v) is 3.56. The van der Waals surface area contributed by atoms with E-state index in [4.69, 9.17) is 0 Å². The van der Waals surface area contributed by atoms with Crippen LogP contribution in [0.15, 0.2) is 48.5 Å². The van der Waals surface area contributed by atoms with Crippen molar-refractivity contribution in [2.45, 2.75) is 13.8 Å². The Morgan fingerprint density at radius 2 is 1.81 bits per heavy atom. The number of fused-ring (bicyclic) bond motifs is 1. The Balaban J connectivity index is 2.14. The zero-order valence-corrected chi connectivity index (χ0v) is 12.1. The SMILES string of the molecule is Cc1cc(C)c(C#N)c(Nc2cccc3ccccc23)[nH+]1. The molecular weight excluding hydrogens is 258 g/mol. The minimum atomic E-state index is 0.647. The fourth-order valence-corrected chi connectivity index (χ4v) is 2.60. The van der Waals surface area contributed by atoms with Crippen molar-refractivity contribution < 1.29 is 4.98 Å². The van der Waals surface area contributed by atoms with Crippen molar-refractivity contribution in [1.82, 2.24) is 0 Å². The number of pyridine rings is 1. The number of rotatable bonds is 2. The molecule has 3 nitrogen and oxygen atoms in total. The molecule has 0 aliphatic carbocycles. The quantitative estimate of drug-likeness (QED) is 0.770. The smallest absolute Gasteiger partial charge is 0.244 e. The first-order chi connectivity index (χ1) is 10.2. The predicted molar refractivity (Wildman–Crippen MR) is 84.4 cm³/mol. The maximum atomic E-state index is 9.37. The Morgan fingerprint density at radius 3 is 2.62 bits per heavy atom. The van der Waals surface area contributed by atoms with Gasteiger partial charge in [-0.25, -0.2) is 10.3 Å². The molecule has 0 saturated heterocycles. The molecule has 21 heavy (non-hydrogen) atoms. The van der Waals surface area contributed by atoms with Gasteiger partial charge in [0.25, 0.3) is 5.82 Å². The van der Waals surface area contributed by atoms with Crippen LogP contribution in [0.1, 0.15) is 16.8 Å². The maximum absolute atomic E-state index is 9.37. The lowest BCUT2D eigenvalue weighted by atomic mass is 10.1. The number of aryl methyl sites for hydroxylation is 2. The summed E-state index contributed by atoms with van der Waals surface area (Å²) in [7, 11) is 0. The molecule has 0 fully saturated rings. The van der Waals surface area contributed by atoms with Crippen LogP contribution in [0.4, 0.5) is 11.5 Å². The maximum Gasteiger partial charge on any atom is 0.295 e. The molecule has 1 aromatic heterocycles. The zero-order valence-electron chi connectivity index (χ0n) is 12.1. The fourth-order valence-electron chi connectivity index (χ4n) is 2.60. The predicted octanol–water partition coefficient (Wildman–Crippen LogP) is 3.89. The van der Waals surface area contributed by atoms with Crippen molar-refractivity contribution in [2.24, 2.45) is 0 Å². The Bertz CT molecular complexity index is 855. The largest absolute Gasteiger partial charge is 0.295 e. The average molecular weight is 274 g/mol. The Kier molecular flexibility index (Phi) is 3.29. The van der Waals surface area contributed by atoms with Crippen LogP contribution in [0.25, 0.3) is 10.8 Å². The van der Waals surface area contributed by atoms with Gasteiger partial charge in [-0.05, 0) is 36.9 Å². The number of nitrogens with zero attached hydrogens (tertiary/aromatic N) is 1. The lowest BCUT2D eigenvalue weighted by Crippen LogP contribution is -2.16. The number of aromatic amines is 1. The number of hydrogen-bond donors (Lipinski definition) is 1. The number of anilines is 2. The summed E-state index contributed by atoms with van der Waals surface area (Å²) in [6.07, 6.45) is 0. The van der Waals surface area contributed by atoms with Gasteiger partial charge in [0.2, 0.25) is 0 Å². The van der Waals surface area contributed by atoms with Gasteiger partial charge in [0.15, 0.2) is 0 Å². The third kappa shape index (κ3) is 2.44. The lowest BCUT2D eigenvalue weighted by molar-refractivity contribution is -0.370. The second-order valence-corrected chi connectivity index (χ2v) is 5.15. The molecule has 0 aliphatic rings. The van der Waals surface area contributed by atoms with E-state index >= 15 is 0 Å². The van der Waals surface area contributed by atoms with Crippen molar-refractivity contribution in [3.63, 3.8) is 0 Å². The highest BCUT2D eigenvalue weighted by Gasteiger charge is 2.16. The summed E-state index contributed by atoms with van der Waals surface area (Å²) in [4.78, 5) is 3.25. The molecule has 0 bridgehead atoms. The summed E-state index contributed by atoms with van der Waals surface area (Å²) in [5.41, 5.74) is 3.63. The second-order valence-electron chi connectivity index (χ2n) is 5.15. The van der Waals surface area contributed by atoms with Crippen LogP contribution in [-0.2, 0) is 0 Å². The van der Waals surface area contributed by atoms with Crippen LogP contribution < -0.4 is 10.3 Å². The number of aromatic nitrogens is 1. The van der Waals surface area contributed by atoms with E-state index in [1.54, 1.807) is 0 Å². The molecule has 2 aromatic carbocycles. The van der Waals surface area contributed by atoms with Gasteiger partial charge < -0.3 is 0 Å². The molecule has 3 aromatic rings. The molecule has 0 saturated carbocycles. The molecule has 2 N–H and O–H groups in total. The molecule has 3 heteroatoms. The van der Waals surface area contributed by atoms with E-state index in [1.807, 2.05) is 44.2 Å². The van der Waals surface area contributed by atoms with E-state index in [9.17, 15) is 5.26 Å². The van der Waals surface area contributed by atoms with Crippen molar-refractivity contribution >= 4 is 22.3 Å². The monoisotopic (exact) mass is 274 g/mol. The van der Waals surface area contributed by atoms with Crippen molar-refractivity contribution in [2.75, 3.05) is 5.32 Å². The van der Waals surface area contributed by atoms with Gasteiger partial charge in [-0.2, -0.15) is 5.26 Å². The van der Waals surface area contributed by atoms with Gasteiger partial charge in [-0.1, -0.05) is 36.4 Å². The first-order valence-corrected chi connectivity index (χ1v) is 6.87. The highest BCUT2D eigenvalue weighted by molar-refractivity contribution is 5.95. The minimum Gasteiger partial charge on any atom is -0.244 e. The molecular formula is C18H16N3+. The number of H-pyrrole nitrogens is 1. The summed E-state index contributed by atoms with van der Waals surface area (Å²) in [6, 6.07) is 18.6. The molecule has 0 amide bonds. The Hall–Kier alpha value is -2.86. The van der Waals surface area contributed by atoms with Crippen LogP contribution in [0.2, 0.25) is 0 Å². The number of benzene rings is 2. The highest BCUT2D eigenvalue weighted by Crippen LogP contribution is 2.26. The van der Waals surface area contributed by atoms with Crippen molar-refractivity contribution in [1.29, 1.82) is 5.26 Å². The molecule has 0 aliphatic heterocycles. The zero-order chi connectivity index (χ0) is 14.8. The van der Waals surface area contributed by atoms with Crippen LogP contribution >= 0.6 is 0 Å².